The van der Waals surface area contributed by atoms with Gasteiger partial charge in [0.1, 0.15) is 6.04 Å². The van der Waals surface area contributed by atoms with E-state index in [2.05, 4.69) is 10.3 Å². The number of nitrogens with one attached hydrogen (secondary N) is 1. The Morgan fingerprint density at radius 1 is 1.50 bits per heavy atom. The molecule has 1 atom stereocenters. The zero-order valence-corrected chi connectivity index (χ0v) is 9.51. The van der Waals surface area contributed by atoms with E-state index < -0.39 is 0 Å². The molecule has 0 fully saturated rings. The van der Waals surface area contributed by atoms with Crippen LogP contribution in [0.1, 0.15) is 11.7 Å². The molecule has 0 bridgehead atoms. The molecule has 0 aliphatic rings. The maximum absolute atomic E-state index is 5.24. The number of thiocarbonyl (C=S) groups is 1. The van der Waals surface area contributed by atoms with E-state index in [4.69, 9.17) is 12.2 Å². The average molecular weight is 209 g/mol. The van der Waals surface area contributed by atoms with Gasteiger partial charge in [0.2, 0.25) is 0 Å². The van der Waals surface area contributed by atoms with Gasteiger partial charge in [-0.25, -0.2) is 0 Å². The van der Waals surface area contributed by atoms with Crippen molar-refractivity contribution in [2.75, 3.05) is 21.1 Å². The smallest absolute Gasteiger partial charge is 0.103 e. The molecule has 0 aromatic carbocycles. The van der Waals surface area contributed by atoms with Crippen LogP contribution in [0.2, 0.25) is 0 Å². The van der Waals surface area contributed by atoms with Crippen LogP contribution in [0.5, 0.6) is 0 Å². The van der Waals surface area contributed by atoms with Gasteiger partial charge in [0.15, 0.2) is 0 Å². The van der Waals surface area contributed by atoms with Crippen molar-refractivity contribution < 1.29 is 0 Å². The van der Waals surface area contributed by atoms with Crippen molar-refractivity contribution >= 4 is 17.2 Å². The van der Waals surface area contributed by atoms with Crippen LogP contribution in [0.3, 0.4) is 0 Å². The van der Waals surface area contributed by atoms with Gasteiger partial charge < -0.3 is 5.32 Å². The molecule has 76 valence electrons. The molecule has 1 rings (SSSR count). The van der Waals surface area contributed by atoms with E-state index in [-0.39, 0.29) is 6.04 Å². The quantitative estimate of drug-likeness (QED) is 0.758. The Balaban J connectivity index is 2.95. The molecular weight excluding hydrogens is 194 g/mol. The summed E-state index contributed by atoms with van der Waals surface area (Å²) in [4.78, 5) is 7.13. The van der Waals surface area contributed by atoms with Gasteiger partial charge in [-0.2, -0.15) is 0 Å². The standard InChI is InChI=1S/C10H15N3S/c1-11-10(14)9(13(2)3)8-6-4-5-7-12-8/h4-7,9H,1-3H3,(H,11,14). The summed E-state index contributed by atoms with van der Waals surface area (Å²) >= 11 is 5.24. The van der Waals surface area contributed by atoms with Crippen LogP contribution >= 0.6 is 12.2 Å². The molecule has 0 amide bonds. The van der Waals surface area contributed by atoms with Crippen LogP contribution in [-0.2, 0) is 0 Å². The number of likely N-dealkylation sites (N-methyl/N-ethyl adjacent to an activating group) is 2. The van der Waals surface area contributed by atoms with Gasteiger partial charge in [-0.1, -0.05) is 18.3 Å². The summed E-state index contributed by atoms with van der Waals surface area (Å²) < 4.78 is 0. The highest BCUT2D eigenvalue weighted by Crippen LogP contribution is 2.16. The largest absolute Gasteiger partial charge is 0.381 e. The molecule has 3 nitrogen and oxygen atoms in total. The lowest BCUT2D eigenvalue weighted by atomic mass is 10.1. The first-order valence-electron chi connectivity index (χ1n) is 4.45. The van der Waals surface area contributed by atoms with Gasteiger partial charge in [-0.15, -0.1) is 0 Å². The van der Waals surface area contributed by atoms with E-state index >= 15 is 0 Å². The second-order valence-corrected chi connectivity index (χ2v) is 3.67. The van der Waals surface area contributed by atoms with E-state index in [9.17, 15) is 0 Å². The Kier molecular flexibility index (Phi) is 3.98. The summed E-state index contributed by atoms with van der Waals surface area (Å²) in [6.45, 7) is 0. The first-order chi connectivity index (χ1) is 6.66. The molecule has 1 unspecified atom stereocenters. The van der Waals surface area contributed by atoms with Crippen molar-refractivity contribution in [3.63, 3.8) is 0 Å². The topological polar surface area (TPSA) is 28.2 Å². The third-order valence-electron chi connectivity index (χ3n) is 1.98. The molecule has 4 heteroatoms. The highest BCUT2D eigenvalue weighted by atomic mass is 32.1. The van der Waals surface area contributed by atoms with Crippen molar-refractivity contribution in [2.24, 2.45) is 0 Å². The molecule has 1 aromatic heterocycles. The van der Waals surface area contributed by atoms with E-state index in [0.717, 1.165) is 10.7 Å². The zero-order chi connectivity index (χ0) is 10.6. The van der Waals surface area contributed by atoms with E-state index in [1.165, 1.54) is 0 Å². The second-order valence-electron chi connectivity index (χ2n) is 3.24. The summed E-state index contributed by atoms with van der Waals surface area (Å²) in [5.41, 5.74) is 0.969. The molecule has 0 saturated carbocycles. The van der Waals surface area contributed by atoms with Gasteiger partial charge in [-0.05, 0) is 26.2 Å². The molecule has 1 N–H and O–H groups in total. The summed E-state index contributed by atoms with van der Waals surface area (Å²) in [5.74, 6) is 0. The van der Waals surface area contributed by atoms with Crippen molar-refractivity contribution in [1.82, 2.24) is 15.2 Å². The minimum absolute atomic E-state index is 0.0520. The van der Waals surface area contributed by atoms with Gasteiger partial charge >= 0.3 is 0 Å². The number of pyridine rings is 1. The molecular formula is C10H15N3S. The number of hydrogen-bond acceptors (Lipinski definition) is 3. The summed E-state index contributed by atoms with van der Waals surface area (Å²) in [6, 6.07) is 5.90. The van der Waals surface area contributed by atoms with Gasteiger partial charge in [0.25, 0.3) is 0 Å². The molecule has 0 spiro atoms. The second kappa shape index (κ2) is 5.02. The average Bonchev–Trinajstić information content (AvgIpc) is 2.19. The molecule has 14 heavy (non-hydrogen) atoms. The zero-order valence-electron chi connectivity index (χ0n) is 8.69. The third-order valence-corrected chi connectivity index (χ3v) is 2.41. The number of nitrogens with zero attached hydrogens (tertiary/aromatic N) is 2. The fourth-order valence-electron chi connectivity index (χ4n) is 1.31. The minimum atomic E-state index is 0.0520. The lowest BCUT2D eigenvalue weighted by Crippen LogP contribution is -2.34. The Hall–Kier alpha value is -1.00. The monoisotopic (exact) mass is 209 g/mol. The molecule has 0 aliphatic heterocycles. The Morgan fingerprint density at radius 3 is 2.64 bits per heavy atom. The first kappa shape index (κ1) is 11.1. The Bertz CT molecular complexity index is 297. The Labute approximate surface area is 90.1 Å². The van der Waals surface area contributed by atoms with E-state index in [0.29, 0.717) is 0 Å². The Morgan fingerprint density at radius 2 is 2.21 bits per heavy atom. The summed E-state index contributed by atoms with van der Waals surface area (Å²) in [7, 11) is 5.81. The predicted molar refractivity (Wildman–Crippen MR) is 62.3 cm³/mol. The van der Waals surface area contributed by atoms with Gasteiger partial charge in [0.05, 0.1) is 10.7 Å². The van der Waals surface area contributed by atoms with Crippen LogP contribution in [0, 0.1) is 0 Å². The van der Waals surface area contributed by atoms with Gasteiger partial charge in [-0.3, -0.25) is 9.88 Å². The molecule has 1 heterocycles. The highest BCUT2D eigenvalue weighted by Gasteiger charge is 2.18. The highest BCUT2D eigenvalue weighted by molar-refractivity contribution is 7.80. The van der Waals surface area contributed by atoms with E-state index in [1.807, 2.05) is 44.2 Å². The van der Waals surface area contributed by atoms with Crippen LogP contribution < -0.4 is 5.32 Å². The van der Waals surface area contributed by atoms with Crippen LogP contribution in [0.15, 0.2) is 24.4 Å². The fraction of sp³-hybridized carbons (Fsp3) is 0.400. The minimum Gasteiger partial charge on any atom is -0.381 e. The molecule has 0 aliphatic carbocycles. The van der Waals surface area contributed by atoms with Crippen molar-refractivity contribution in [1.29, 1.82) is 0 Å². The number of aromatic nitrogens is 1. The normalized spacial score (nSPS) is 12.6. The number of hydrogen-bond donors (Lipinski definition) is 1. The van der Waals surface area contributed by atoms with Crippen molar-refractivity contribution in [3.05, 3.63) is 30.1 Å². The van der Waals surface area contributed by atoms with Crippen LogP contribution in [0.4, 0.5) is 0 Å². The fourth-order valence-corrected chi connectivity index (χ4v) is 1.64. The summed E-state index contributed by atoms with van der Waals surface area (Å²) in [5, 5.41) is 2.99. The van der Waals surface area contributed by atoms with E-state index in [1.54, 1.807) is 6.20 Å². The lowest BCUT2D eigenvalue weighted by Gasteiger charge is -2.24. The third kappa shape index (κ3) is 2.49. The first-order valence-corrected chi connectivity index (χ1v) is 4.86. The molecule has 0 saturated heterocycles. The van der Waals surface area contributed by atoms with Crippen LogP contribution in [0.25, 0.3) is 0 Å². The predicted octanol–water partition coefficient (Wildman–Crippen LogP) is 1.23. The maximum atomic E-state index is 5.24. The molecule has 0 radical (unpaired) electrons. The molecule has 1 aromatic rings. The van der Waals surface area contributed by atoms with Crippen molar-refractivity contribution in [2.45, 2.75) is 6.04 Å². The van der Waals surface area contributed by atoms with Crippen molar-refractivity contribution in [3.8, 4) is 0 Å². The maximum Gasteiger partial charge on any atom is 0.103 e. The van der Waals surface area contributed by atoms with Gasteiger partial charge in [0, 0.05) is 13.2 Å². The van der Waals surface area contributed by atoms with Crippen LogP contribution in [-0.4, -0.2) is 36.0 Å². The lowest BCUT2D eigenvalue weighted by molar-refractivity contribution is 0.362. The SMILES string of the molecule is CNC(=S)C(c1ccccn1)N(C)C. The summed E-state index contributed by atoms with van der Waals surface area (Å²) in [6.07, 6.45) is 1.78. The number of rotatable bonds is 3.